The topological polar surface area (TPSA) is 42.3 Å². The third-order valence-electron chi connectivity index (χ3n) is 8.64. The SMILES string of the molecule is Cc1ccc2c3ccc(C)cc3n(-c3cccc4c3C(=O)N(c3c(-c5ccccc5)cccc3-c3ccccc3)C4=O)c2c1. The van der Waals surface area contributed by atoms with Gasteiger partial charge in [-0.2, -0.15) is 0 Å². The summed E-state index contributed by atoms with van der Waals surface area (Å²) < 4.78 is 2.15. The summed E-state index contributed by atoms with van der Waals surface area (Å²) >= 11 is 0. The third kappa shape index (κ3) is 3.85. The van der Waals surface area contributed by atoms with Crippen molar-refractivity contribution >= 4 is 39.3 Å². The zero-order valence-corrected chi connectivity index (χ0v) is 24.4. The van der Waals surface area contributed by atoms with Crippen molar-refractivity contribution in [2.75, 3.05) is 4.90 Å². The molecule has 0 spiro atoms. The number of hydrogen-bond acceptors (Lipinski definition) is 2. The van der Waals surface area contributed by atoms with Gasteiger partial charge in [0, 0.05) is 21.9 Å². The van der Waals surface area contributed by atoms with Gasteiger partial charge in [-0.15, -0.1) is 0 Å². The first kappa shape index (κ1) is 25.9. The number of aromatic nitrogens is 1. The Morgan fingerprint density at radius 3 is 1.52 bits per heavy atom. The maximum absolute atomic E-state index is 14.8. The monoisotopic (exact) mass is 568 g/mol. The molecular weight excluding hydrogens is 540 g/mol. The van der Waals surface area contributed by atoms with Crippen LogP contribution in [0.3, 0.4) is 0 Å². The van der Waals surface area contributed by atoms with Crippen molar-refractivity contribution in [2.45, 2.75) is 13.8 Å². The van der Waals surface area contributed by atoms with Crippen molar-refractivity contribution in [3.8, 4) is 27.9 Å². The fourth-order valence-electron chi connectivity index (χ4n) is 6.64. The maximum Gasteiger partial charge on any atom is 0.268 e. The van der Waals surface area contributed by atoms with Crippen LogP contribution in [-0.4, -0.2) is 16.4 Å². The first-order chi connectivity index (χ1) is 21.5. The highest BCUT2D eigenvalue weighted by molar-refractivity contribution is 6.37. The summed E-state index contributed by atoms with van der Waals surface area (Å²) in [4.78, 5) is 30.6. The Morgan fingerprint density at radius 2 is 0.977 bits per heavy atom. The molecule has 0 saturated carbocycles. The van der Waals surface area contributed by atoms with E-state index in [1.165, 1.54) is 4.90 Å². The molecule has 44 heavy (non-hydrogen) atoms. The molecule has 6 aromatic carbocycles. The van der Waals surface area contributed by atoms with E-state index in [4.69, 9.17) is 0 Å². The van der Waals surface area contributed by atoms with E-state index >= 15 is 0 Å². The van der Waals surface area contributed by atoms with Crippen LogP contribution in [0, 0.1) is 13.8 Å². The van der Waals surface area contributed by atoms with Crippen LogP contribution in [0.15, 0.2) is 133 Å². The number of imide groups is 1. The summed E-state index contributed by atoms with van der Waals surface area (Å²) in [6, 6.07) is 44.3. The van der Waals surface area contributed by atoms with E-state index in [-0.39, 0.29) is 11.8 Å². The number of nitrogens with zero attached hydrogens (tertiary/aromatic N) is 2. The summed E-state index contributed by atoms with van der Waals surface area (Å²) in [7, 11) is 0. The fraction of sp³-hybridized carbons (Fsp3) is 0.0500. The van der Waals surface area contributed by atoms with E-state index in [2.05, 4.69) is 54.8 Å². The quantitative estimate of drug-likeness (QED) is 0.198. The van der Waals surface area contributed by atoms with E-state index in [0.717, 1.165) is 55.2 Å². The van der Waals surface area contributed by atoms with Gasteiger partial charge in [0.05, 0.1) is 33.5 Å². The lowest BCUT2D eigenvalue weighted by molar-refractivity contribution is 0.0926. The molecule has 7 aromatic rings. The van der Waals surface area contributed by atoms with Gasteiger partial charge >= 0.3 is 0 Å². The number of rotatable bonds is 4. The second-order valence-electron chi connectivity index (χ2n) is 11.5. The summed E-state index contributed by atoms with van der Waals surface area (Å²) in [5, 5.41) is 2.22. The molecule has 210 valence electrons. The third-order valence-corrected chi connectivity index (χ3v) is 8.64. The lowest BCUT2D eigenvalue weighted by Crippen LogP contribution is -2.30. The van der Waals surface area contributed by atoms with Crippen LogP contribution in [0.2, 0.25) is 0 Å². The molecule has 1 aromatic heterocycles. The van der Waals surface area contributed by atoms with Gasteiger partial charge in [0.2, 0.25) is 0 Å². The molecule has 0 aliphatic carbocycles. The van der Waals surface area contributed by atoms with E-state index in [1.807, 2.05) is 91.0 Å². The second kappa shape index (κ2) is 9.92. The Labute approximate surface area is 255 Å². The molecule has 0 unspecified atom stereocenters. The highest BCUT2D eigenvalue weighted by atomic mass is 16.2. The average molecular weight is 569 g/mol. The molecule has 0 bridgehead atoms. The minimum atomic E-state index is -0.323. The number of carbonyl (C=O) groups excluding carboxylic acids is 2. The zero-order valence-electron chi connectivity index (χ0n) is 24.4. The van der Waals surface area contributed by atoms with Crippen molar-refractivity contribution in [1.29, 1.82) is 0 Å². The average Bonchev–Trinajstić information content (AvgIpc) is 3.50. The number of amides is 2. The molecule has 2 heterocycles. The summed E-state index contributed by atoms with van der Waals surface area (Å²) in [6.45, 7) is 4.15. The number of aryl methyl sites for hydroxylation is 2. The van der Waals surface area contributed by atoms with Gasteiger partial charge in [0.25, 0.3) is 11.8 Å². The van der Waals surface area contributed by atoms with E-state index in [0.29, 0.717) is 22.5 Å². The molecule has 8 rings (SSSR count). The van der Waals surface area contributed by atoms with Gasteiger partial charge in [-0.25, -0.2) is 4.90 Å². The van der Waals surface area contributed by atoms with Gasteiger partial charge in [-0.05, 0) is 60.4 Å². The molecule has 4 heteroatoms. The largest absolute Gasteiger partial charge is 0.308 e. The zero-order chi connectivity index (χ0) is 29.9. The van der Waals surface area contributed by atoms with Crippen LogP contribution >= 0.6 is 0 Å². The van der Waals surface area contributed by atoms with Crippen LogP contribution in [-0.2, 0) is 0 Å². The highest BCUT2D eigenvalue weighted by Crippen LogP contribution is 2.44. The predicted octanol–water partition coefficient (Wildman–Crippen LogP) is 9.54. The molecule has 0 fully saturated rings. The Kier molecular flexibility index (Phi) is 5.85. The van der Waals surface area contributed by atoms with Crippen LogP contribution in [0.4, 0.5) is 5.69 Å². The number of anilines is 1. The molecule has 1 aliphatic heterocycles. The molecule has 0 radical (unpaired) electrons. The van der Waals surface area contributed by atoms with Gasteiger partial charge in [0.1, 0.15) is 0 Å². The number of carbonyl (C=O) groups is 2. The van der Waals surface area contributed by atoms with E-state index < -0.39 is 0 Å². The van der Waals surface area contributed by atoms with Gasteiger partial charge < -0.3 is 4.57 Å². The van der Waals surface area contributed by atoms with Crippen LogP contribution in [0.5, 0.6) is 0 Å². The van der Waals surface area contributed by atoms with Gasteiger partial charge in [-0.1, -0.05) is 109 Å². The number of fused-ring (bicyclic) bond motifs is 4. The van der Waals surface area contributed by atoms with Crippen molar-refractivity contribution in [3.63, 3.8) is 0 Å². The van der Waals surface area contributed by atoms with Gasteiger partial charge in [-0.3, -0.25) is 9.59 Å². The normalized spacial score (nSPS) is 12.8. The lowest BCUT2D eigenvalue weighted by Gasteiger charge is -2.23. The van der Waals surface area contributed by atoms with E-state index in [1.54, 1.807) is 6.07 Å². The highest BCUT2D eigenvalue weighted by Gasteiger charge is 2.41. The Morgan fingerprint density at radius 1 is 0.477 bits per heavy atom. The molecule has 0 atom stereocenters. The van der Waals surface area contributed by atoms with Crippen LogP contribution in [0.1, 0.15) is 31.8 Å². The second-order valence-corrected chi connectivity index (χ2v) is 11.5. The van der Waals surface area contributed by atoms with Crippen LogP contribution < -0.4 is 4.90 Å². The molecule has 2 amide bonds. The molecule has 0 saturated heterocycles. The van der Waals surface area contributed by atoms with Gasteiger partial charge in [0.15, 0.2) is 0 Å². The summed E-state index contributed by atoms with van der Waals surface area (Å²) in [5.74, 6) is -0.642. The van der Waals surface area contributed by atoms with E-state index in [9.17, 15) is 9.59 Å². The predicted molar refractivity (Wildman–Crippen MR) is 179 cm³/mol. The van der Waals surface area contributed by atoms with Crippen molar-refractivity contribution in [1.82, 2.24) is 4.57 Å². The summed E-state index contributed by atoms with van der Waals surface area (Å²) in [5.41, 5.74) is 9.91. The standard InChI is InChI=1S/C40H28N2O2/c1-25-19-21-31-32-22-20-26(2)24-36(32)41(35(31)23-25)34-18-10-17-33-37(34)40(44)42(39(33)43)38-29(27-11-5-3-6-12-27)15-9-16-30(38)28-13-7-4-8-14-28/h3-24H,1-2H3. The first-order valence-corrected chi connectivity index (χ1v) is 14.8. The lowest BCUT2D eigenvalue weighted by atomic mass is 9.95. The Balaban J connectivity index is 1.40. The molecular formula is C40H28N2O2. The molecule has 0 N–H and O–H groups in total. The Bertz CT molecular complexity index is 2160. The van der Waals surface area contributed by atoms with Crippen LogP contribution in [0.25, 0.3) is 49.7 Å². The minimum Gasteiger partial charge on any atom is -0.308 e. The minimum absolute atomic E-state index is 0.319. The fourth-order valence-corrected chi connectivity index (χ4v) is 6.64. The number of benzene rings is 6. The number of para-hydroxylation sites is 1. The van der Waals surface area contributed by atoms with Crippen molar-refractivity contribution in [2.24, 2.45) is 0 Å². The maximum atomic E-state index is 14.8. The number of hydrogen-bond donors (Lipinski definition) is 0. The molecule has 1 aliphatic rings. The molecule has 4 nitrogen and oxygen atoms in total. The summed E-state index contributed by atoms with van der Waals surface area (Å²) in [6.07, 6.45) is 0. The van der Waals surface area contributed by atoms with Crippen molar-refractivity contribution in [3.05, 3.63) is 156 Å². The first-order valence-electron chi connectivity index (χ1n) is 14.8. The smallest absolute Gasteiger partial charge is 0.268 e. The van der Waals surface area contributed by atoms with Crippen molar-refractivity contribution < 1.29 is 9.59 Å². The Hall–Kier alpha value is -5.74.